The molecule has 1 saturated carbocycles. The highest BCUT2D eigenvalue weighted by molar-refractivity contribution is 6.21. The van der Waals surface area contributed by atoms with Crippen LogP contribution in [0.1, 0.15) is 70.9 Å². The van der Waals surface area contributed by atoms with E-state index in [1.165, 1.54) is 65.5 Å². The molecule has 0 bridgehead atoms. The van der Waals surface area contributed by atoms with Crippen LogP contribution < -0.4 is 0 Å². The Bertz CT molecular complexity index is 438. The first-order valence-corrected chi connectivity index (χ1v) is 8.09. The van der Waals surface area contributed by atoms with Gasteiger partial charge in [-0.15, -0.1) is 11.6 Å². The van der Waals surface area contributed by atoms with Gasteiger partial charge in [0.1, 0.15) is 0 Å². The second-order valence-electron chi connectivity index (χ2n) is 6.34. The van der Waals surface area contributed by atoms with Gasteiger partial charge in [-0.2, -0.15) is 0 Å². The first-order valence-electron chi connectivity index (χ1n) is 7.66. The summed E-state index contributed by atoms with van der Waals surface area (Å²) in [5, 5.41) is 0.207. The number of hydrogen-bond acceptors (Lipinski definition) is 0. The molecule has 0 spiro atoms. The molecule has 106 valence electrons. The van der Waals surface area contributed by atoms with E-state index >= 15 is 0 Å². The summed E-state index contributed by atoms with van der Waals surface area (Å²) in [7, 11) is 0. The van der Waals surface area contributed by atoms with E-state index in [4.69, 9.17) is 11.6 Å². The molecule has 1 aromatic rings. The van der Waals surface area contributed by atoms with Gasteiger partial charge in [-0.3, -0.25) is 0 Å². The fraction of sp³-hybridized carbons (Fsp3) is 0.667. The monoisotopic (exact) mass is 278 g/mol. The molecule has 0 heterocycles. The average Bonchev–Trinajstić information content (AvgIpc) is 2.44. The quantitative estimate of drug-likeness (QED) is 0.574. The van der Waals surface area contributed by atoms with Crippen LogP contribution in [0.5, 0.6) is 0 Å². The number of hydrogen-bond donors (Lipinski definition) is 0. The van der Waals surface area contributed by atoms with E-state index in [1.807, 2.05) is 0 Å². The number of rotatable bonds is 2. The second-order valence-corrected chi connectivity index (χ2v) is 6.81. The Morgan fingerprint density at radius 3 is 1.63 bits per heavy atom. The maximum Gasteiger partial charge on any atom is 0.0618 e. The van der Waals surface area contributed by atoms with Gasteiger partial charge in [0.15, 0.2) is 0 Å². The Hall–Kier alpha value is -0.490. The summed E-state index contributed by atoms with van der Waals surface area (Å²) in [4.78, 5) is 0. The van der Waals surface area contributed by atoms with Crippen molar-refractivity contribution < 1.29 is 0 Å². The van der Waals surface area contributed by atoms with E-state index in [0.29, 0.717) is 5.92 Å². The molecule has 1 fully saturated rings. The Morgan fingerprint density at radius 2 is 1.16 bits per heavy atom. The maximum absolute atomic E-state index is 6.89. The normalized spacial score (nSPS) is 18.6. The molecule has 0 N–H and O–H groups in total. The van der Waals surface area contributed by atoms with Crippen molar-refractivity contribution in [1.82, 2.24) is 0 Å². The predicted octanol–water partition coefficient (Wildman–Crippen LogP) is 6.09. The highest BCUT2D eigenvalue weighted by atomic mass is 35.5. The summed E-state index contributed by atoms with van der Waals surface area (Å²) < 4.78 is 0. The van der Waals surface area contributed by atoms with Crippen molar-refractivity contribution in [3.8, 4) is 0 Å². The molecule has 2 rings (SSSR count). The summed E-state index contributed by atoms with van der Waals surface area (Å²) in [5.41, 5.74) is 8.57. The van der Waals surface area contributed by atoms with Gasteiger partial charge in [-0.05, 0) is 86.8 Å². The minimum Gasteiger partial charge on any atom is -0.118 e. The minimum atomic E-state index is 0.207. The Balaban J connectivity index is 2.43. The topological polar surface area (TPSA) is 0 Å². The molecular weight excluding hydrogens is 252 g/mol. The zero-order chi connectivity index (χ0) is 14.2. The van der Waals surface area contributed by atoms with E-state index in [-0.39, 0.29) is 5.38 Å². The van der Waals surface area contributed by atoms with E-state index < -0.39 is 0 Å². The Morgan fingerprint density at radius 1 is 0.737 bits per heavy atom. The molecule has 0 aromatic heterocycles. The summed E-state index contributed by atoms with van der Waals surface area (Å²) in [6.45, 7) is 11.2. The molecular formula is C18H27Cl. The van der Waals surface area contributed by atoms with Crippen molar-refractivity contribution in [2.75, 3.05) is 0 Å². The highest BCUT2D eigenvalue weighted by Crippen LogP contribution is 2.43. The van der Waals surface area contributed by atoms with Gasteiger partial charge in [0.2, 0.25) is 0 Å². The van der Waals surface area contributed by atoms with Crippen molar-refractivity contribution in [3.05, 3.63) is 33.4 Å². The second kappa shape index (κ2) is 5.87. The molecule has 1 unspecified atom stereocenters. The van der Waals surface area contributed by atoms with Crippen molar-refractivity contribution in [3.63, 3.8) is 0 Å². The SMILES string of the molecule is Cc1c(C)c(C)c(C(Cl)C2CCCCC2)c(C)c1C. The molecule has 19 heavy (non-hydrogen) atoms. The molecule has 0 saturated heterocycles. The van der Waals surface area contributed by atoms with Gasteiger partial charge in [0.05, 0.1) is 5.38 Å². The largest absolute Gasteiger partial charge is 0.118 e. The highest BCUT2D eigenvalue weighted by Gasteiger charge is 2.27. The lowest BCUT2D eigenvalue weighted by Gasteiger charge is -2.30. The molecule has 1 aliphatic carbocycles. The van der Waals surface area contributed by atoms with Crippen molar-refractivity contribution in [2.24, 2.45) is 5.92 Å². The molecule has 1 atom stereocenters. The predicted molar refractivity (Wildman–Crippen MR) is 85.3 cm³/mol. The van der Waals surface area contributed by atoms with Crippen LogP contribution in [-0.4, -0.2) is 0 Å². The molecule has 1 heteroatoms. The molecule has 0 amide bonds. The molecule has 0 nitrogen and oxygen atoms in total. The van der Waals surface area contributed by atoms with Crippen LogP contribution in [0.15, 0.2) is 0 Å². The summed E-state index contributed by atoms with van der Waals surface area (Å²) in [6, 6.07) is 0. The minimum absolute atomic E-state index is 0.207. The fourth-order valence-electron chi connectivity index (χ4n) is 3.61. The van der Waals surface area contributed by atoms with Gasteiger partial charge < -0.3 is 0 Å². The van der Waals surface area contributed by atoms with Crippen molar-refractivity contribution in [1.29, 1.82) is 0 Å². The first kappa shape index (κ1) is 14.9. The number of halogens is 1. The maximum atomic E-state index is 6.89. The van der Waals surface area contributed by atoms with Crippen LogP contribution in [0.4, 0.5) is 0 Å². The summed E-state index contributed by atoms with van der Waals surface area (Å²) in [5.74, 6) is 0.675. The number of benzene rings is 1. The van der Waals surface area contributed by atoms with Crippen LogP contribution in [0, 0.1) is 40.5 Å². The lowest BCUT2D eigenvalue weighted by atomic mass is 9.80. The van der Waals surface area contributed by atoms with Crippen molar-refractivity contribution >= 4 is 11.6 Å². The van der Waals surface area contributed by atoms with E-state index in [2.05, 4.69) is 34.6 Å². The van der Waals surface area contributed by atoms with Gasteiger partial charge in [0, 0.05) is 0 Å². The third kappa shape index (κ3) is 2.70. The lowest BCUT2D eigenvalue weighted by Crippen LogP contribution is -2.15. The van der Waals surface area contributed by atoms with Crippen LogP contribution >= 0.6 is 11.6 Å². The summed E-state index contributed by atoms with van der Waals surface area (Å²) in [6.07, 6.45) is 6.72. The van der Waals surface area contributed by atoms with Crippen LogP contribution in [0.2, 0.25) is 0 Å². The molecule has 0 radical (unpaired) electrons. The molecule has 1 aromatic carbocycles. The fourth-order valence-corrected chi connectivity index (χ4v) is 4.18. The third-order valence-corrected chi connectivity index (χ3v) is 5.97. The average molecular weight is 279 g/mol. The van der Waals surface area contributed by atoms with Gasteiger partial charge in [0.25, 0.3) is 0 Å². The molecule has 1 aliphatic rings. The van der Waals surface area contributed by atoms with Crippen LogP contribution in [0.3, 0.4) is 0 Å². The van der Waals surface area contributed by atoms with Gasteiger partial charge >= 0.3 is 0 Å². The van der Waals surface area contributed by atoms with Gasteiger partial charge in [-0.1, -0.05) is 19.3 Å². The van der Waals surface area contributed by atoms with Gasteiger partial charge in [-0.25, -0.2) is 0 Å². The molecule has 0 aliphatic heterocycles. The van der Waals surface area contributed by atoms with Crippen LogP contribution in [-0.2, 0) is 0 Å². The zero-order valence-corrected chi connectivity index (χ0v) is 13.8. The van der Waals surface area contributed by atoms with Crippen molar-refractivity contribution in [2.45, 2.75) is 72.1 Å². The number of alkyl halides is 1. The Kier molecular flexibility index (Phi) is 4.61. The van der Waals surface area contributed by atoms with E-state index in [1.54, 1.807) is 0 Å². The lowest BCUT2D eigenvalue weighted by molar-refractivity contribution is 0.347. The standard InChI is InChI=1S/C18H27Cl/c1-11-12(2)14(4)17(15(5)13(11)3)18(19)16-9-7-6-8-10-16/h16,18H,6-10H2,1-5H3. The van der Waals surface area contributed by atoms with E-state index in [0.717, 1.165) is 0 Å². The summed E-state index contributed by atoms with van der Waals surface area (Å²) >= 11 is 6.89. The smallest absolute Gasteiger partial charge is 0.0618 e. The van der Waals surface area contributed by atoms with Crippen LogP contribution in [0.25, 0.3) is 0 Å². The third-order valence-electron chi connectivity index (χ3n) is 5.40. The Labute approximate surface area is 123 Å². The first-order chi connectivity index (χ1) is 8.95. The zero-order valence-electron chi connectivity index (χ0n) is 13.1. The van der Waals surface area contributed by atoms with E-state index in [9.17, 15) is 0 Å².